The van der Waals surface area contributed by atoms with Gasteiger partial charge in [-0.25, -0.2) is 0 Å². The van der Waals surface area contributed by atoms with Gasteiger partial charge in [0, 0.05) is 17.1 Å². The summed E-state index contributed by atoms with van der Waals surface area (Å²) in [6.45, 7) is 2.03. The van der Waals surface area contributed by atoms with E-state index in [2.05, 4.69) is 5.32 Å². The normalized spacial score (nSPS) is 24.1. The fourth-order valence-electron chi connectivity index (χ4n) is 3.08. The van der Waals surface area contributed by atoms with E-state index >= 15 is 0 Å². The van der Waals surface area contributed by atoms with E-state index in [0.717, 1.165) is 42.7 Å². The summed E-state index contributed by atoms with van der Waals surface area (Å²) in [5.41, 5.74) is 7.29. The van der Waals surface area contributed by atoms with Gasteiger partial charge in [-0.2, -0.15) is 0 Å². The van der Waals surface area contributed by atoms with Crippen LogP contribution < -0.4 is 11.1 Å². The molecule has 1 amide bonds. The molecule has 1 aromatic carbocycles. The molecule has 2 rings (SSSR count). The van der Waals surface area contributed by atoms with Crippen molar-refractivity contribution in [2.45, 2.75) is 57.5 Å². The monoisotopic (exact) mass is 308 g/mol. The Morgan fingerprint density at radius 3 is 2.90 bits per heavy atom. The number of rotatable bonds is 4. The lowest BCUT2D eigenvalue weighted by Gasteiger charge is -2.23. The van der Waals surface area contributed by atoms with Gasteiger partial charge in [0.05, 0.1) is 5.92 Å². The van der Waals surface area contributed by atoms with Gasteiger partial charge in [0.15, 0.2) is 0 Å². The predicted octanol–water partition coefficient (Wildman–Crippen LogP) is 3.29. The molecule has 0 saturated heterocycles. The number of carbonyl (C=O) groups excluding carboxylic acids is 1. The van der Waals surface area contributed by atoms with Crippen LogP contribution in [0.15, 0.2) is 24.3 Å². The highest BCUT2D eigenvalue weighted by Gasteiger charge is 2.27. The molecule has 3 atom stereocenters. The standard InChI is InChI=1S/C17H25ClN2O/c1-12(10-13-6-5-7-14(18)11-13)20-17(21)15-8-3-2-4-9-16(15)19/h5-7,11-12,15-16H,2-4,8-10,19H2,1H3,(H,20,21). The van der Waals surface area contributed by atoms with Crippen molar-refractivity contribution < 1.29 is 4.79 Å². The quantitative estimate of drug-likeness (QED) is 0.839. The molecule has 0 bridgehead atoms. The molecule has 4 heteroatoms. The molecule has 1 aliphatic carbocycles. The summed E-state index contributed by atoms with van der Waals surface area (Å²) in [7, 11) is 0. The summed E-state index contributed by atoms with van der Waals surface area (Å²) in [6, 6.07) is 7.87. The number of carbonyl (C=O) groups is 1. The predicted molar refractivity (Wildman–Crippen MR) is 87.3 cm³/mol. The fraction of sp³-hybridized carbons (Fsp3) is 0.588. The van der Waals surface area contributed by atoms with Crippen molar-refractivity contribution in [1.82, 2.24) is 5.32 Å². The lowest BCUT2D eigenvalue weighted by atomic mass is 9.94. The Labute approximate surface area is 132 Å². The Morgan fingerprint density at radius 1 is 1.38 bits per heavy atom. The van der Waals surface area contributed by atoms with Gasteiger partial charge in [0.1, 0.15) is 0 Å². The maximum Gasteiger partial charge on any atom is 0.224 e. The summed E-state index contributed by atoms with van der Waals surface area (Å²) in [6.07, 6.45) is 6.10. The average molecular weight is 309 g/mol. The maximum absolute atomic E-state index is 12.4. The van der Waals surface area contributed by atoms with Crippen molar-refractivity contribution in [2.24, 2.45) is 11.7 Å². The van der Waals surface area contributed by atoms with E-state index in [9.17, 15) is 4.79 Å². The van der Waals surface area contributed by atoms with E-state index in [1.54, 1.807) is 0 Å². The number of nitrogens with one attached hydrogen (secondary N) is 1. The first kappa shape index (κ1) is 16.3. The molecule has 1 aromatic rings. The Kier molecular flexibility index (Phi) is 6.07. The Balaban J connectivity index is 1.89. The molecule has 0 heterocycles. The van der Waals surface area contributed by atoms with Crippen molar-refractivity contribution in [3.05, 3.63) is 34.9 Å². The number of nitrogens with two attached hydrogens (primary N) is 1. The Morgan fingerprint density at radius 2 is 2.14 bits per heavy atom. The van der Waals surface area contributed by atoms with Crippen LogP contribution in [0.5, 0.6) is 0 Å². The fourth-order valence-corrected chi connectivity index (χ4v) is 3.29. The summed E-state index contributed by atoms with van der Waals surface area (Å²) >= 11 is 5.99. The van der Waals surface area contributed by atoms with Gasteiger partial charge in [-0.15, -0.1) is 0 Å². The van der Waals surface area contributed by atoms with Crippen molar-refractivity contribution in [1.29, 1.82) is 0 Å². The highest BCUT2D eigenvalue weighted by atomic mass is 35.5. The molecule has 0 radical (unpaired) electrons. The second kappa shape index (κ2) is 7.81. The summed E-state index contributed by atoms with van der Waals surface area (Å²) in [5.74, 6) is 0.0771. The third-order valence-corrected chi connectivity index (χ3v) is 4.46. The van der Waals surface area contributed by atoms with Gasteiger partial charge < -0.3 is 11.1 Å². The highest BCUT2D eigenvalue weighted by molar-refractivity contribution is 6.30. The number of halogens is 1. The van der Waals surface area contributed by atoms with Gasteiger partial charge in [-0.05, 0) is 43.9 Å². The second-order valence-corrected chi connectivity index (χ2v) is 6.59. The lowest BCUT2D eigenvalue weighted by molar-refractivity contribution is -0.126. The Hall–Kier alpha value is -1.06. The number of hydrogen-bond acceptors (Lipinski definition) is 2. The van der Waals surface area contributed by atoms with Crippen LogP contribution in [0.3, 0.4) is 0 Å². The Bertz CT molecular complexity index is 478. The van der Waals surface area contributed by atoms with Crippen LogP contribution in [0.4, 0.5) is 0 Å². The third-order valence-electron chi connectivity index (χ3n) is 4.23. The minimum absolute atomic E-state index is 0.00543. The smallest absolute Gasteiger partial charge is 0.224 e. The first-order chi connectivity index (χ1) is 10.1. The van der Waals surface area contributed by atoms with Crippen LogP contribution in [0.1, 0.15) is 44.6 Å². The first-order valence-corrected chi connectivity index (χ1v) is 8.24. The molecule has 3 N–H and O–H groups in total. The van der Waals surface area contributed by atoms with Gasteiger partial charge in [-0.1, -0.05) is 43.0 Å². The first-order valence-electron chi connectivity index (χ1n) is 7.86. The summed E-state index contributed by atoms with van der Waals surface area (Å²) in [4.78, 5) is 12.4. The van der Waals surface area contributed by atoms with E-state index in [-0.39, 0.29) is 23.9 Å². The molecular weight excluding hydrogens is 284 g/mol. The molecule has 0 aliphatic heterocycles. The van der Waals surface area contributed by atoms with Crippen molar-refractivity contribution in [2.75, 3.05) is 0 Å². The molecule has 0 spiro atoms. The van der Waals surface area contributed by atoms with E-state index in [0.29, 0.717) is 0 Å². The third kappa shape index (κ3) is 5.01. The molecule has 116 valence electrons. The zero-order valence-corrected chi connectivity index (χ0v) is 13.4. The highest BCUT2D eigenvalue weighted by Crippen LogP contribution is 2.22. The SMILES string of the molecule is CC(Cc1cccc(Cl)c1)NC(=O)C1CCCCCC1N. The minimum atomic E-state index is -0.0330. The van der Waals surface area contributed by atoms with Gasteiger partial charge in [0.2, 0.25) is 5.91 Å². The summed E-state index contributed by atoms with van der Waals surface area (Å²) < 4.78 is 0. The van der Waals surface area contributed by atoms with Gasteiger partial charge in [0.25, 0.3) is 0 Å². The summed E-state index contributed by atoms with van der Waals surface area (Å²) in [5, 5.41) is 3.85. The van der Waals surface area contributed by atoms with Crippen LogP contribution in [0.2, 0.25) is 5.02 Å². The van der Waals surface area contributed by atoms with Gasteiger partial charge >= 0.3 is 0 Å². The zero-order chi connectivity index (χ0) is 15.2. The van der Waals surface area contributed by atoms with E-state index in [1.807, 2.05) is 31.2 Å². The molecule has 0 aromatic heterocycles. The minimum Gasteiger partial charge on any atom is -0.353 e. The lowest BCUT2D eigenvalue weighted by Crippen LogP contribution is -2.44. The number of hydrogen-bond donors (Lipinski definition) is 2. The molecule has 21 heavy (non-hydrogen) atoms. The van der Waals surface area contributed by atoms with Crippen molar-refractivity contribution >= 4 is 17.5 Å². The van der Waals surface area contributed by atoms with E-state index in [4.69, 9.17) is 17.3 Å². The van der Waals surface area contributed by atoms with Crippen LogP contribution >= 0.6 is 11.6 Å². The molecule has 1 fully saturated rings. The van der Waals surface area contributed by atoms with Crippen LogP contribution in [0, 0.1) is 5.92 Å². The molecule has 1 aliphatic rings. The van der Waals surface area contributed by atoms with Crippen molar-refractivity contribution in [3.63, 3.8) is 0 Å². The van der Waals surface area contributed by atoms with Gasteiger partial charge in [-0.3, -0.25) is 4.79 Å². The molecule has 3 nitrogen and oxygen atoms in total. The zero-order valence-electron chi connectivity index (χ0n) is 12.6. The molecule has 1 saturated carbocycles. The molecule has 3 unspecified atom stereocenters. The van der Waals surface area contributed by atoms with E-state index in [1.165, 1.54) is 6.42 Å². The largest absolute Gasteiger partial charge is 0.353 e. The number of benzene rings is 1. The molecular formula is C17H25ClN2O. The van der Waals surface area contributed by atoms with Crippen LogP contribution in [0.25, 0.3) is 0 Å². The van der Waals surface area contributed by atoms with Crippen LogP contribution in [-0.4, -0.2) is 18.0 Å². The topological polar surface area (TPSA) is 55.1 Å². The second-order valence-electron chi connectivity index (χ2n) is 6.15. The van der Waals surface area contributed by atoms with Crippen LogP contribution in [-0.2, 0) is 11.2 Å². The number of amides is 1. The van der Waals surface area contributed by atoms with Crippen molar-refractivity contribution in [3.8, 4) is 0 Å². The maximum atomic E-state index is 12.4. The average Bonchev–Trinajstić information content (AvgIpc) is 2.63. The van der Waals surface area contributed by atoms with E-state index < -0.39 is 0 Å².